The maximum Gasteiger partial charge on any atom is 0.150 e. The van der Waals surface area contributed by atoms with Gasteiger partial charge in [0.1, 0.15) is 17.5 Å². The largest absolute Gasteiger partial charge is 0.411 e. The Morgan fingerprint density at radius 1 is 0.868 bits per heavy atom. The summed E-state index contributed by atoms with van der Waals surface area (Å²) in [6, 6.07) is 21.9. The molecule has 38 heavy (non-hydrogen) atoms. The zero-order chi connectivity index (χ0) is 26.9. The predicted octanol–water partition coefficient (Wildman–Crippen LogP) is 5.11. The quantitative estimate of drug-likeness (QED) is 0.292. The Morgan fingerprint density at radius 3 is 1.82 bits per heavy atom. The zero-order valence-electron chi connectivity index (χ0n) is 21.2. The molecular formula is C30H40N2O6. The van der Waals surface area contributed by atoms with Gasteiger partial charge in [0.15, 0.2) is 0 Å². The lowest BCUT2D eigenvalue weighted by Crippen LogP contribution is -2.30. The van der Waals surface area contributed by atoms with Crippen molar-refractivity contribution in [1.29, 1.82) is 5.26 Å². The molecule has 4 rings (SSSR count). The number of ketones is 2. The molecule has 4 unspecified atom stereocenters. The fraction of sp³-hybridized carbons (Fsp3) is 0.467. The Morgan fingerprint density at radius 2 is 1.34 bits per heavy atom. The van der Waals surface area contributed by atoms with Gasteiger partial charge in [-0.15, -0.1) is 5.16 Å². The highest BCUT2D eigenvalue weighted by molar-refractivity contribution is 5.95. The summed E-state index contributed by atoms with van der Waals surface area (Å²) < 4.78 is 11.5. The van der Waals surface area contributed by atoms with Crippen molar-refractivity contribution in [3.63, 3.8) is 0 Å². The van der Waals surface area contributed by atoms with Gasteiger partial charge in [0, 0.05) is 20.0 Å². The number of nitriles is 1. The van der Waals surface area contributed by atoms with Crippen LogP contribution in [0.15, 0.2) is 65.8 Å². The smallest absolute Gasteiger partial charge is 0.150 e. The van der Waals surface area contributed by atoms with Gasteiger partial charge in [-0.3, -0.25) is 9.59 Å². The maximum absolute atomic E-state index is 11.5. The van der Waals surface area contributed by atoms with Gasteiger partial charge in [0.25, 0.3) is 0 Å². The number of hydrogen-bond donors (Lipinski definition) is 2. The van der Waals surface area contributed by atoms with Gasteiger partial charge in [-0.1, -0.05) is 68.1 Å². The van der Waals surface area contributed by atoms with Gasteiger partial charge in [-0.25, -0.2) is 0 Å². The molecule has 2 fully saturated rings. The Labute approximate surface area is 225 Å². The second kappa shape index (κ2) is 18.8. The first kappa shape index (κ1) is 32.6. The van der Waals surface area contributed by atoms with Crippen molar-refractivity contribution < 1.29 is 29.4 Å². The third-order valence-electron chi connectivity index (χ3n) is 6.30. The van der Waals surface area contributed by atoms with Crippen LogP contribution in [-0.4, -0.2) is 47.4 Å². The van der Waals surface area contributed by atoms with Crippen molar-refractivity contribution in [3.05, 3.63) is 71.8 Å². The molecule has 2 saturated carbocycles. The normalized spacial score (nSPS) is 22.7. The molecule has 0 amide bonds. The number of benzene rings is 2. The SMILES string of the molecule is C.CO.N#CC1CC(OCc2ccccc2)CCC1=O.O=C1CCC(OCc2ccccc2)CC1/C=N\O. The number of rotatable bonds is 7. The molecule has 0 bridgehead atoms. The lowest BCUT2D eigenvalue weighted by molar-refractivity contribution is -0.126. The van der Waals surface area contributed by atoms with Crippen molar-refractivity contribution >= 4 is 17.8 Å². The van der Waals surface area contributed by atoms with Crippen LogP contribution in [0.3, 0.4) is 0 Å². The molecule has 0 radical (unpaired) electrons. The lowest BCUT2D eigenvalue weighted by atomic mass is 9.87. The Bertz CT molecular complexity index is 1010. The number of carbonyl (C=O) groups is 2. The molecule has 0 saturated heterocycles. The first-order valence-corrected chi connectivity index (χ1v) is 12.5. The van der Waals surface area contributed by atoms with Crippen molar-refractivity contribution in [2.45, 2.75) is 71.4 Å². The molecule has 206 valence electrons. The van der Waals surface area contributed by atoms with E-state index in [1.807, 2.05) is 60.7 Å². The highest BCUT2D eigenvalue weighted by Crippen LogP contribution is 2.24. The van der Waals surface area contributed by atoms with Crippen LogP contribution in [-0.2, 0) is 32.3 Å². The van der Waals surface area contributed by atoms with E-state index in [0.717, 1.165) is 31.1 Å². The molecular weight excluding hydrogens is 484 g/mol. The third-order valence-corrected chi connectivity index (χ3v) is 6.30. The van der Waals surface area contributed by atoms with E-state index in [4.69, 9.17) is 25.0 Å². The van der Waals surface area contributed by atoms with E-state index >= 15 is 0 Å². The van der Waals surface area contributed by atoms with Crippen molar-refractivity contribution in [1.82, 2.24) is 0 Å². The van der Waals surface area contributed by atoms with Crippen LogP contribution in [0.1, 0.15) is 57.1 Å². The number of ether oxygens (including phenoxy) is 2. The van der Waals surface area contributed by atoms with Gasteiger partial charge in [0.2, 0.25) is 0 Å². The molecule has 8 nitrogen and oxygen atoms in total. The van der Waals surface area contributed by atoms with E-state index in [1.165, 1.54) is 6.21 Å². The van der Waals surface area contributed by atoms with Crippen LogP contribution < -0.4 is 0 Å². The van der Waals surface area contributed by atoms with Crippen LogP contribution in [0.25, 0.3) is 0 Å². The van der Waals surface area contributed by atoms with Crippen LogP contribution in [0.5, 0.6) is 0 Å². The monoisotopic (exact) mass is 524 g/mol. The topological polar surface area (TPSA) is 129 Å². The lowest BCUT2D eigenvalue weighted by Gasteiger charge is -2.25. The van der Waals surface area contributed by atoms with E-state index in [1.54, 1.807) is 0 Å². The van der Waals surface area contributed by atoms with E-state index in [9.17, 15) is 9.59 Å². The van der Waals surface area contributed by atoms with Gasteiger partial charge < -0.3 is 19.8 Å². The summed E-state index contributed by atoms with van der Waals surface area (Å²) in [6.07, 6.45) is 5.01. The molecule has 2 aliphatic rings. The summed E-state index contributed by atoms with van der Waals surface area (Å²) >= 11 is 0. The average molecular weight is 525 g/mol. The van der Waals surface area contributed by atoms with E-state index in [2.05, 4.69) is 11.2 Å². The molecule has 2 N–H and O–H groups in total. The van der Waals surface area contributed by atoms with Crippen LogP contribution in [0, 0.1) is 23.2 Å². The highest BCUT2D eigenvalue weighted by atomic mass is 16.5. The second-order valence-corrected chi connectivity index (χ2v) is 8.87. The average Bonchev–Trinajstić information content (AvgIpc) is 2.95. The summed E-state index contributed by atoms with van der Waals surface area (Å²) in [5.41, 5.74) is 2.25. The van der Waals surface area contributed by atoms with Crippen LogP contribution >= 0.6 is 0 Å². The van der Waals surface area contributed by atoms with E-state index in [-0.39, 0.29) is 37.1 Å². The maximum atomic E-state index is 11.5. The predicted molar refractivity (Wildman–Crippen MR) is 145 cm³/mol. The first-order valence-electron chi connectivity index (χ1n) is 12.5. The Hall–Kier alpha value is -3.38. The standard InChI is InChI=1S/C14H17NO3.C14H15NO2.CH4O.CH4/c16-14-7-6-13(8-12(14)9-15-17)18-10-11-4-2-1-3-5-11;15-9-12-8-13(6-7-14(12)16)17-10-11-4-2-1-3-5-11;1-2;/h1-5,9,12-13,17H,6-8,10H2;1-5,12-13H,6-8,10H2;2H,1H3;1H4/b15-9-;;;. The first-order chi connectivity index (χ1) is 18.1. The molecule has 2 aromatic rings. The summed E-state index contributed by atoms with van der Waals surface area (Å²) in [5.74, 6) is -0.575. The summed E-state index contributed by atoms with van der Waals surface area (Å²) in [6.45, 7) is 1.11. The van der Waals surface area contributed by atoms with Gasteiger partial charge in [0.05, 0.1) is 43.6 Å². The molecule has 0 spiro atoms. The number of carbonyl (C=O) groups excluding carboxylic acids is 2. The second-order valence-electron chi connectivity index (χ2n) is 8.87. The highest BCUT2D eigenvalue weighted by Gasteiger charge is 2.29. The van der Waals surface area contributed by atoms with Crippen LogP contribution in [0.4, 0.5) is 0 Å². The summed E-state index contributed by atoms with van der Waals surface area (Å²) in [7, 11) is 1.00. The van der Waals surface area contributed by atoms with E-state index < -0.39 is 5.92 Å². The third kappa shape index (κ3) is 11.3. The number of hydrogen-bond acceptors (Lipinski definition) is 8. The minimum atomic E-state index is -0.468. The molecule has 8 heteroatoms. The molecule has 0 aromatic heterocycles. The van der Waals surface area contributed by atoms with Crippen molar-refractivity contribution in [2.75, 3.05) is 7.11 Å². The Balaban J connectivity index is 0.000000349. The van der Waals surface area contributed by atoms with Gasteiger partial charge >= 0.3 is 0 Å². The molecule has 0 heterocycles. The molecule has 2 aromatic carbocycles. The van der Waals surface area contributed by atoms with Crippen molar-refractivity contribution in [2.24, 2.45) is 17.0 Å². The fourth-order valence-corrected chi connectivity index (χ4v) is 4.24. The number of Topliss-reactive ketones (excluding diaryl/α,β-unsaturated/α-hetero) is 2. The minimum absolute atomic E-state index is 0. The Kier molecular flexibility index (Phi) is 16.2. The fourth-order valence-electron chi connectivity index (χ4n) is 4.24. The van der Waals surface area contributed by atoms with Gasteiger partial charge in [-0.2, -0.15) is 5.26 Å². The summed E-state index contributed by atoms with van der Waals surface area (Å²) in [5, 5.41) is 27.3. The summed E-state index contributed by atoms with van der Waals surface area (Å²) in [4.78, 5) is 22.9. The number of aliphatic hydroxyl groups is 1. The van der Waals surface area contributed by atoms with Crippen LogP contribution in [0.2, 0.25) is 0 Å². The number of nitrogens with zero attached hydrogens (tertiary/aromatic N) is 2. The van der Waals surface area contributed by atoms with E-state index in [0.29, 0.717) is 38.9 Å². The van der Waals surface area contributed by atoms with Gasteiger partial charge in [-0.05, 0) is 36.8 Å². The molecule has 4 atom stereocenters. The number of aliphatic hydroxyl groups excluding tert-OH is 1. The molecule has 2 aliphatic carbocycles. The van der Waals surface area contributed by atoms with Crippen molar-refractivity contribution in [3.8, 4) is 6.07 Å². The number of oxime groups is 1. The minimum Gasteiger partial charge on any atom is -0.411 e. The zero-order valence-corrected chi connectivity index (χ0v) is 21.2. The molecule has 0 aliphatic heterocycles.